The third-order valence-electron chi connectivity index (χ3n) is 5.86. The number of hydrogen-bond acceptors (Lipinski definition) is 4. The first-order chi connectivity index (χ1) is 15.0. The molecule has 33 heavy (non-hydrogen) atoms. The summed E-state index contributed by atoms with van der Waals surface area (Å²) < 4.78 is 27.3. The van der Waals surface area contributed by atoms with Gasteiger partial charge in [0.25, 0.3) is 0 Å². The van der Waals surface area contributed by atoms with Crippen molar-refractivity contribution < 1.29 is 32.7 Å². The molecular formula is C26H60O4Si2Zr. The normalized spacial score (nSPS) is 14.2. The van der Waals surface area contributed by atoms with Crippen molar-refractivity contribution in [3.8, 4) is 0 Å². The van der Waals surface area contributed by atoms with Gasteiger partial charge in [-0.3, -0.25) is 0 Å². The molecule has 0 aromatic carbocycles. The van der Waals surface area contributed by atoms with Gasteiger partial charge in [-0.25, -0.2) is 0 Å². The zero-order chi connectivity index (χ0) is 26.0. The van der Waals surface area contributed by atoms with E-state index in [4.69, 9.17) is 10.6 Å². The fraction of sp³-hybridized carbons (Fsp3) is 1.00. The van der Waals surface area contributed by atoms with Crippen molar-refractivity contribution in [2.24, 2.45) is 35.5 Å². The second-order valence-corrected chi connectivity index (χ2v) is 28.1. The van der Waals surface area contributed by atoms with Gasteiger partial charge < -0.3 is 0 Å². The quantitative estimate of drug-likeness (QED) is 0.151. The van der Waals surface area contributed by atoms with E-state index in [1.54, 1.807) is 14.2 Å². The van der Waals surface area contributed by atoms with E-state index in [9.17, 15) is 0 Å². The van der Waals surface area contributed by atoms with Gasteiger partial charge >= 0.3 is 218 Å². The van der Waals surface area contributed by atoms with Crippen molar-refractivity contribution in [2.75, 3.05) is 14.2 Å². The maximum atomic E-state index is 7.37. The van der Waals surface area contributed by atoms with Gasteiger partial charge in [0.05, 0.1) is 0 Å². The molecule has 0 amide bonds. The molecule has 0 heterocycles. The SMILES string of the molecule is C[O][Zr]([O]C)([O][Si](CC(C)C)(CC(C)C)CC(C)C)[O][Si](CC(C)C)(CC(C)C)CC(C)C. The van der Waals surface area contributed by atoms with Crippen LogP contribution in [0.15, 0.2) is 0 Å². The van der Waals surface area contributed by atoms with Crippen LogP contribution < -0.4 is 0 Å². The minimum absolute atomic E-state index is 0.593. The minimum atomic E-state index is -4.26. The van der Waals surface area contributed by atoms with E-state index >= 15 is 0 Å². The van der Waals surface area contributed by atoms with Crippen LogP contribution in [0.2, 0.25) is 36.3 Å². The molecule has 0 rings (SSSR count). The molecular weight excluding hydrogens is 524 g/mol. The molecule has 0 bridgehead atoms. The van der Waals surface area contributed by atoms with Crippen LogP contribution in [0.3, 0.4) is 0 Å². The summed E-state index contributed by atoms with van der Waals surface area (Å²) >= 11 is -4.26. The summed E-state index contributed by atoms with van der Waals surface area (Å²) in [6, 6.07) is 6.86. The van der Waals surface area contributed by atoms with Crippen molar-refractivity contribution >= 4 is 16.6 Å². The Hall–Kier alpha value is 1.16. The Morgan fingerprint density at radius 2 is 0.606 bits per heavy atom. The van der Waals surface area contributed by atoms with Crippen LogP contribution in [-0.4, -0.2) is 30.9 Å². The van der Waals surface area contributed by atoms with E-state index in [1.165, 1.54) is 0 Å². The molecule has 0 radical (unpaired) electrons. The van der Waals surface area contributed by atoms with Gasteiger partial charge in [-0.15, -0.1) is 0 Å². The molecule has 0 aliphatic carbocycles. The van der Waals surface area contributed by atoms with Crippen molar-refractivity contribution in [1.82, 2.24) is 0 Å². The molecule has 0 spiro atoms. The molecule has 0 fully saturated rings. The molecule has 4 nitrogen and oxygen atoms in total. The van der Waals surface area contributed by atoms with Gasteiger partial charge in [0, 0.05) is 0 Å². The Kier molecular flexibility index (Phi) is 16.0. The predicted octanol–water partition coefficient (Wildman–Crippen LogP) is 8.95. The fourth-order valence-corrected chi connectivity index (χ4v) is 33.3. The molecule has 0 saturated heterocycles. The molecule has 0 atom stereocenters. The zero-order valence-electron chi connectivity index (χ0n) is 24.8. The summed E-state index contributed by atoms with van der Waals surface area (Å²) in [5.41, 5.74) is 0. The Bertz CT molecular complexity index is 425. The maximum absolute atomic E-state index is 7.37. The Labute approximate surface area is 217 Å². The van der Waals surface area contributed by atoms with Gasteiger partial charge in [0.1, 0.15) is 0 Å². The third-order valence-corrected chi connectivity index (χ3v) is 29.1. The summed E-state index contributed by atoms with van der Waals surface area (Å²) in [5, 5.41) is 0. The average molecular weight is 584 g/mol. The molecule has 0 N–H and O–H groups in total. The first kappa shape index (κ1) is 34.2. The summed E-state index contributed by atoms with van der Waals surface area (Å²) in [6.07, 6.45) is 0. The van der Waals surface area contributed by atoms with Gasteiger partial charge in [-0.1, -0.05) is 0 Å². The molecule has 0 unspecified atom stereocenters. The first-order valence-electron chi connectivity index (χ1n) is 13.5. The summed E-state index contributed by atoms with van der Waals surface area (Å²) in [4.78, 5) is 0. The second kappa shape index (κ2) is 15.4. The molecule has 200 valence electrons. The Balaban J connectivity index is 6.53. The first-order valence-corrected chi connectivity index (χ1v) is 22.6. The van der Waals surface area contributed by atoms with Crippen LogP contribution in [-0.2, 0) is 32.7 Å². The zero-order valence-corrected chi connectivity index (χ0v) is 29.3. The van der Waals surface area contributed by atoms with Gasteiger partial charge in [-0.05, 0) is 0 Å². The van der Waals surface area contributed by atoms with Crippen LogP contribution in [0.5, 0.6) is 0 Å². The summed E-state index contributed by atoms with van der Waals surface area (Å²) in [7, 11) is -0.703. The van der Waals surface area contributed by atoms with Crippen LogP contribution in [0, 0.1) is 35.5 Å². The van der Waals surface area contributed by atoms with Crippen LogP contribution in [0.1, 0.15) is 83.1 Å². The Morgan fingerprint density at radius 1 is 0.424 bits per heavy atom. The summed E-state index contributed by atoms with van der Waals surface area (Å²) in [6.45, 7) is 28.0. The molecule has 0 aliphatic heterocycles. The standard InChI is InChI=1S/2C12H27OSi.2CH3O.Zr/c2*1-10(2)7-14(13,8-11(3)4)9-12(5)6;2*1-2;/h2*10-12H,7-9H2,1-6H3;2*1H3;/q4*-1;+4. The van der Waals surface area contributed by atoms with Crippen LogP contribution in [0.4, 0.5) is 0 Å². The molecule has 0 saturated carbocycles. The molecule has 7 heteroatoms. The topological polar surface area (TPSA) is 36.9 Å². The average Bonchev–Trinajstić information content (AvgIpc) is 2.56. The monoisotopic (exact) mass is 582 g/mol. The summed E-state index contributed by atoms with van der Waals surface area (Å²) in [5.74, 6) is 3.56. The second-order valence-electron chi connectivity index (χ2n) is 13.1. The van der Waals surface area contributed by atoms with Gasteiger partial charge in [0.15, 0.2) is 0 Å². The van der Waals surface area contributed by atoms with E-state index in [0.717, 1.165) is 36.3 Å². The van der Waals surface area contributed by atoms with Gasteiger partial charge in [0.2, 0.25) is 0 Å². The number of hydrogen-bond donors (Lipinski definition) is 0. The van der Waals surface area contributed by atoms with Crippen molar-refractivity contribution in [3.05, 3.63) is 0 Å². The van der Waals surface area contributed by atoms with Crippen LogP contribution in [0.25, 0.3) is 0 Å². The van der Waals surface area contributed by atoms with Crippen LogP contribution >= 0.6 is 0 Å². The number of rotatable bonds is 18. The van der Waals surface area contributed by atoms with E-state index < -0.39 is 38.7 Å². The molecule has 0 aromatic rings. The van der Waals surface area contributed by atoms with Crippen molar-refractivity contribution in [3.63, 3.8) is 0 Å². The van der Waals surface area contributed by atoms with Gasteiger partial charge in [-0.2, -0.15) is 0 Å². The molecule has 0 aromatic heterocycles. The predicted molar refractivity (Wildman–Crippen MR) is 146 cm³/mol. The van der Waals surface area contributed by atoms with Crippen molar-refractivity contribution in [2.45, 2.75) is 119 Å². The molecule has 0 aliphatic rings. The Morgan fingerprint density at radius 3 is 0.727 bits per heavy atom. The fourth-order valence-electron chi connectivity index (χ4n) is 6.02. The van der Waals surface area contributed by atoms with E-state index in [-0.39, 0.29) is 0 Å². The van der Waals surface area contributed by atoms with E-state index in [0.29, 0.717) is 35.5 Å². The third kappa shape index (κ3) is 13.3. The van der Waals surface area contributed by atoms with E-state index in [2.05, 4.69) is 83.1 Å². The van der Waals surface area contributed by atoms with Crippen molar-refractivity contribution in [1.29, 1.82) is 0 Å². The van der Waals surface area contributed by atoms with E-state index in [1.807, 2.05) is 0 Å².